The van der Waals surface area contributed by atoms with Crippen molar-refractivity contribution in [3.63, 3.8) is 0 Å². The van der Waals surface area contributed by atoms with Gasteiger partial charge in [-0.05, 0) is 12.0 Å². The van der Waals surface area contributed by atoms with Crippen LogP contribution < -0.4 is 5.73 Å². The molecule has 0 unspecified atom stereocenters. The second-order valence-electron chi connectivity index (χ2n) is 2.63. The molecule has 1 aromatic rings. The van der Waals surface area contributed by atoms with Gasteiger partial charge in [0.25, 0.3) is 0 Å². The van der Waals surface area contributed by atoms with Crippen molar-refractivity contribution in [2.75, 3.05) is 0 Å². The van der Waals surface area contributed by atoms with Gasteiger partial charge in [0.2, 0.25) is 0 Å². The second-order valence-corrected chi connectivity index (χ2v) is 2.63. The smallest absolute Gasteiger partial charge is 0.326 e. The van der Waals surface area contributed by atoms with Crippen molar-refractivity contribution in [2.24, 2.45) is 5.73 Å². The molecule has 0 fully saturated rings. The van der Waals surface area contributed by atoms with Gasteiger partial charge in [-0.3, -0.25) is 4.79 Å². The average molecular weight is 185 g/mol. The van der Waals surface area contributed by atoms with Gasteiger partial charge in [0.15, 0.2) is 0 Å². The van der Waals surface area contributed by atoms with Crippen molar-refractivity contribution in [1.82, 2.24) is 9.94 Å². The van der Waals surface area contributed by atoms with E-state index in [2.05, 4.69) is 5.10 Å². The molecule has 13 heavy (non-hydrogen) atoms. The third kappa shape index (κ3) is 1.78. The fourth-order valence-electron chi connectivity index (χ4n) is 1.06. The van der Waals surface area contributed by atoms with E-state index in [9.17, 15) is 4.79 Å². The van der Waals surface area contributed by atoms with E-state index in [4.69, 9.17) is 16.0 Å². The monoisotopic (exact) mass is 185 g/mol. The first kappa shape index (κ1) is 9.53. The Bertz CT molecular complexity index is 321. The van der Waals surface area contributed by atoms with Crippen molar-refractivity contribution in [3.8, 4) is 0 Å². The lowest BCUT2D eigenvalue weighted by Crippen LogP contribution is -2.22. The Balaban J connectivity index is 3.05. The molecule has 0 radical (unpaired) electrons. The van der Waals surface area contributed by atoms with Crippen LogP contribution in [0.4, 0.5) is 0 Å². The maximum absolute atomic E-state index is 10.5. The number of carboxylic acids is 1. The standard InChI is InChI=1S/C7H11N3O3/c1-2-4-3-10(13)9-6(4)5(8)7(11)12/h3,5,13H,2,8H2,1H3,(H,11,12)/t5-/m1/s1. The molecule has 0 aliphatic rings. The summed E-state index contributed by atoms with van der Waals surface area (Å²) in [7, 11) is 0. The van der Waals surface area contributed by atoms with Crippen LogP contribution >= 0.6 is 0 Å². The number of hydrogen-bond donors (Lipinski definition) is 3. The van der Waals surface area contributed by atoms with Crippen LogP contribution in [0.25, 0.3) is 0 Å². The van der Waals surface area contributed by atoms with E-state index in [1.807, 2.05) is 6.92 Å². The molecule has 1 aromatic heterocycles. The normalized spacial score (nSPS) is 12.8. The van der Waals surface area contributed by atoms with Crippen LogP contribution in [0.15, 0.2) is 6.20 Å². The molecule has 0 aliphatic carbocycles. The number of aryl methyl sites for hydroxylation is 1. The van der Waals surface area contributed by atoms with Crippen LogP contribution in [0.1, 0.15) is 24.2 Å². The van der Waals surface area contributed by atoms with Gasteiger partial charge in [-0.1, -0.05) is 6.92 Å². The lowest BCUT2D eigenvalue weighted by molar-refractivity contribution is -0.138. The number of carboxylic acid groups (broad SMARTS) is 1. The van der Waals surface area contributed by atoms with Crippen LogP contribution in [0, 0.1) is 0 Å². The van der Waals surface area contributed by atoms with Crippen molar-refractivity contribution in [3.05, 3.63) is 17.5 Å². The summed E-state index contributed by atoms with van der Waals surface area (Å²) >= 11 is 0. The number of nitrogens with zero attached hydrogens (tertiary/aromatic N) is 2. The van der Waals surface area contributed by atoms with Gasteiger partial charge in [-0.2, -0.15) is 0 Å². The van der Waals surface area contributed by atoms with E-state index < -0.39 is 12.0 Å². The van der Waals surface area contributed by atoms with E-state index in [1.54, 1.807) is 0 Å². The maximum atomic E-state index is 10.5. The Labute approximate surface area is 74.5 Å². The summed E-state index contributed by atoms with van der Waals surface area (Å²) in [4.78, 5) is 11.1. The number of aliphatic carboxylic acids is 1. The van der Waals surface area contributed by atoms with Crippen molar-refractivity contribution in [2.45, 2.75) is 19.4 Å². The topological polar surface area (TPSA) is 101 Å². The summed E-state index contributed by atoms with van der Waals surface area (Å²) in [5, 5.41) is 21.1. The Hall–Kier alpha value is -1.56. The number of nitrogens with two attached hydrogens (primary N) is 1. The highest BCUT2D eigenvalue weighted by Gasteiger charge is 2.21. The van der Waals surface area contributed by atoms with E-state index in [0.717, 1.165) is 0 Å². The van der Waals surface area contributed by atoms with Crippen molar-refractivity contribution < 1.29 is 15.1 Å². The number of aromatic nitrogens is 2. The molecule has 0 aliphatic heterocycles. The molecule has 0 aromatic carbocycles. The minimum absolute atomic E-state index is 0.206. The van der Waals surface area contributed by atoms with Gasteiger partial charge in [0, 0.05) is 0 Å². The summed E-state index contributed by atoms with van der Waals surface area (Å²) in [6, 6.07) is -1.18. The van der Waals surface area contributed by atoms with Crippen LogP contribution in [0.5, 0.6) is 0 Å². The summed E-state index contributed by atoms with van der Waals surface area (Å²) < 4.78 is 0. The number of carbonyl (C=O) groups is 1. The molecule has 0 saturated heterocycles. The first-order chi connectivity index (χ1) is 6.06. The zero-order chi connectivity index (χ0) is 10.0. The van der Waals surface area contributed by atoms with Crippen molar-refractivity contribution in [1.29, 1.82) is 0 Å². The van der Waals surface area contributed by atoms with E-state index in [0.29, 0.717) is 16.8 Å². The molecule has 0 saturated carbocycles. The average Bonchev–Trinajstić information content (AvgIpc) is 2.45. The van der Waals surface area contributed by atoms with Crippen LogP contribution in [0.3, 0.4) is 0 Å². The third-order valence-corrected chi connectivity index (χ3v) is 1.75. The molecule has 1 rings (SSSR count). The summed E-state index contributed by atoms with van der Waals surface area (Å²) in [6.45, 7) is 1.83. The summed E-state index contributed by atoms with van der Waals surface area (Å²) in [5.74, 6) is -1.16. The molecule has 0 bridgehead atoms. The molecule has 1 heterocycles. The highest BCUT2D eigenvalue weighted by atomic mass is 16.5. The SMILES string of the molecule is CCc1cn(O)nc1[C@@H](N)C(=O)O. The van der Waals surface area contributed by atoms with E-state index in [-0.39, 0.29) is 5.69 Å². The minimum atomic E-state index is -1.18. The van der Waals surface area contributed by atoms with Crippen LogP contribution in [0.2, 0.25) is 0 Å². The first-order valence-electron chi connectivity index (χ1n) is 3.82. The van der Waals surface area contributed by atoms with Gasteiger partial charge < -0.3 is 16.0 Å². The second kappa shape index (κ2) is 3.44. The Morgan fingerprint density at radius 1 is 1.85 bits per heavy atom. The highest BCUT2D eigenvalue weighted by Crippen LogP contribution is 2.14. The Morgan fingerprint density at radius 2 is 2.46 bits per heavy atom. The van der Waals surface area contributed by atoms with Gasteiger partial charge in [-0.25, -0.2) is 0 Å². The quantitative estimate of drug-likeness (QED) is 0.564. The van der Waals surface area contributed by atoms with Gasteiger partial charge in [-0.15, -0.1) is 9.94 Å². The summed E-state index contributed by atoms with van der Waals surface area (Å²) in [6.07, 6.45) is 1.93. The zero-order valence-electron chi connectivity index (χ0n) is 7.14. The predicted molar refractivity (Wildman–Crippen MR) is 43.4 cm³/mol. The first-order valence-corrected chi connectivity index (χ1v) is 3.82. The zero-order valence-corrected chi connectivity index (χ0v) is 7.14. The number of rotatable bonds is 3. The Kier molecular flexibility index (Phi) is 2.52. The molecular weight excluding hydrogens is 174 g/mol. The summed E-state index contributed by atoms with van der Waals surface area (Å²) in [5.41, 5.74) is 6.18. The number of hydrogen-bond acceptors (Lipinski definition) is 4. The fourth-order valence-corrected chi connectivity index (χ4v) is 1.06. The van der Waals surface area contributed by atoms with Gasteiger partial charge in [0.1, 0.15) is 6.04 Å². The third-order valence-electron chi connectivity index (χ3n) is 1.75. The molecular formula is C7H11N3O3. The molecule has 72 valence electrons. The van der Waals surface area contributed by atoms with Crippen LogP contribution in [-0.4, -0.2) is 26.2 Å². The lowest BCUT2D eigenvalue weighted by Gasteiger charge is -2.03. The molecule has 6 nitrogen and oxygen atoms in total. The van der Waals surface area contributed by atoms with E-state index in [1.165, 1.54) is 6.20 Å². The minimum Gasteiger partial charge on any atom is -0.480 e. The van der Waals surface area contributed by atoms with Gasteiger partial charge >= 0.3 is 5.97 Å². The molecule has 0 spiro atoms. The van der Waals surface area contributed by atoms with Crippen molar-refractivity contribution >= 4 is 5.97 Å². The molecule has 6 heteroatoms. The van der Waals surface area contributed by atoms with E-state index >= 15 is 0 Å². The maximum Gasteiger partial charge on any atom is 0.326 e. The Morgan fingerprint density at radius 3 is 2.92 bits per heavy atom. The molecule has 1 atom stereocenters. The molecule has 4 N–H and O–H groups in total. The van der Waals surface area contributed by atoms with Crippen LogP contribution in [-0.2, 0) is 11.2 Å². The molecule has 0 amide bonds. The van der Waals surface area contributed by atoms with Gasteiger partial charge in [0.05, 0.1) is 11.9 Å². The fraction of sp³-hybridized carbons (Fsp3) is 0.429. The predicted octanol–water partition coefficient (Wildman–Crippen LogP) is -0.233. The lowest BCUT2D eigenvalue weighted by atomic mass is 10.1. The largest absolute Gasteiger partial charge is 0.480 e. The highest BCUT2D eigenvalue weighted by molar-refractivity contribution is 5.74.